The topological polar surface area (TPSA) is 17.1 Å². The van der Waals surface area contributed by atoms with Crippen LogP contribution in [0.3, 0.4) is 0 Å². The van der Waals surface area contributed by atoms with E-state index in [0.717, 1.165) is 12.8 Å². The Labute approximate surface area is 71.8 Å². The van der Waals surface area contributed by atoms with Crippen LogP contribution < -0.4 is 0 Å². The molecule has 1 fully saturated rings. The summed E-state index contributed by atoms with van der Waals surface area (Å²) in [6.45, 7) is 1.88. The van der Waals surface area contributed by atoms with E-state index in [0.29, 0.717) is 0 Å². The normalized spacial score (nSPS) is 23.7. The van der Waals surface area contributed by atoms with E-state index in [1.54, 1.807) is 0 Å². The first-order valence-corrected chi connectivity index (χ1v) is 5.21. The third kappa shape index (κ3) is 3.56. The van der Waals surface area contributed by atoms with Gasteiger partial charge >= 0.3 is 6.18 Å². The van der Waals surface area contributed by atoms with Crippen molar-refractivity contribution >= 4 is 10.8 Å². The zero-order chi connectivity index (χ0) is 9.41. The van der Waals surface area contributed by atoms with Gasteiger partial charge in [-0.15, -0.1) is 0 Å². The third-order valence-electron chi connectivity index (χ3n) is 1.94. The first-order valence-electron chi connectivity index (χ1n) is 3.73. The molecule has 1 saturated carbocycles. The number of alkyl halides is 3. The quantitative estimate of drug-likeness (QED) is 0.681. The van der Waals surface area contributed by atoms with Crippen molar-refractivity contribution in [2.45, 2.75) is 25.9 Å². The van der Waals surface area contributed by atoms with E-state index in [1.807, 2.05) is 6.92 Å². The first kappa shape index (κ1) is 10.0. The number of rotatable bonds is 3. The van der Waals surface area contributed by atoms with Crippen molar-refractivity contribution in [3.05, 3.63) is 0 Å². The van der Waals surface area contributed by atoms with E-state index >= 15 is 0 Å². The molecule has 1 atom stereocenters. The average molecular weight is 200 g/mol. The second kappa shape index (κ2) is 3.01. The van der Waals surface area contributed by atoms with Crippen LogP contribution in [0.25, 0.3) is 0 Å². The molecule has 0 N–H and O–H groups in total. The molecule has 1 aliphatic rings. The van der Waals surface area contributed by atoms with Gasteiger partial charge < -0.3 is 0 Å². The fourth-order valence-corrected chi connectivity index (χ4v) is 2.51. The van der Waals surface area contributed by atoms with Gasteiger partial charge in [0, 0.05) is 16.6 Å². The summed E-state index contributed by atoms with van der Waals surface area (Å²) in [7, 11) is -1.72. The predicted molar refractivity (Wildman–Crippen MR) is 41.3 cm³/mol. The van der Waals surface area contributed by atoms with E-state index in [4.69, 9.17) is 0 Å². The van der Waals surface area contributed by atoms with Gasteiger partial charge in [-0.3, -0.25) is 4.21 Å². The monoisotopic (exact) mass is 200 g/mol. The number of halogens is 3. The van der Waals surface area contributed by atoms with Crippen molar-refractivity contribution in [1.29, 1.82) is 0 Å². The van der Waals surface area contributed by atoms with Gasteiger partial charge in [0.2, 0.25) is 0 Å². The van der Waals surface area contributed by atoms with Gasteiger partial charge in [0.15, 0.2) is 0 Å². The van der Waals surface area contributed by atoms with Crippen molar-refractivity contribution in [2.24, 2.45) is 5.41 Å². The molecule has 0 heterocycles. The van der Waals surface area contributed by atoms with Crippen LogP contribution in [-0.2, 0) is 10.8 Å². The minimum absolute atomic E-state index is 0.0594. The summed E-state index contributed by atoms with van der Waals surface area (Å²) >= 11 is 0. The molecule has 1 unspecified atom stereocenters. The molecule has 72 valence electrons. The van der Waals surface area contributed by atoms with Crippen LogP contribution in [0.2, 0.25) is 0 Å². The highest BCUT2D eigenvalue weighted by molar-refractivity contribution is 7.85. The van der Waals surface area contributed by atoms with Crippen molar-refractivity contribution in [1.82, 2.24) is 0 Å². The molecule has 0 saturated heterocycles. The third-order valence-corrected chi connectivity index (χ3v) is 3.61. The molecular formula is C7H11F3OS. The molecule has 12 heavy (non-hydrogen) atoms. The Morgan fingerprint density at radius 1 is 1.42 bits per heavy atom. The van der Waals surface area contributed by atoms with E-state index < -0.39 is 22.7 Å². The Morgan fingerprint density at radius 2 is 1.92 bits per heavy atom. The van der Waals surface area contributed by atoms with Crippen LogP contribution in [0.1, 0.15) is 19.8 Å². The predicted octanol–water partition coefficient (Wildman–Crippen LogP) is 2.10. The highest BCUT2D eigenvalue weighted by Gasteiger charge is 2.41. The van der Waals surface area contributed by atoms with E-state index in [9.17, 15) is 17.4 Å². The average Bonchev–Trinajstić information content (AvgIpc) is 2.40. The molecule has 0 aromatic heterocycles. The summed E-state index contributed by atoms with van der Waals surface area (Å²) in [5, 5.41) is 0. The maximum Gasteiger partial charge on any atom is 0.400 e. The Morgan fingerprint density at radius 3 is 2.25 bits per heavy atom. The summed E-state index contributed by atoms with van der Waals surface area (Å²) < 4.78 is 46.0. The lowest BCUT2D eigenvalue weighted by molar-refractivity contribution is -0.105. The highest BCUT2D eigenvalue weighted by Crippen LogP contribution is 2.45. The molecule has 5 heteroatoms. The zero-order valence-electron chi connectivity index (χ0n) is 6.78. The Bertz CT molecular complexity index is 186. The summed E-state index contributed by atoms with van der Waals surface area (Å²) in [4.78, 5) is 0. The number of hydrogen-bond acceptors (Lipinski definition) is 1. The smallest absolute Gasteiger partial charge is 0.259 e. The number of hydrogen-bond donors (Lipinski definition) is 0. The van der Waals surface area contributed by atoms with Gasteiger partial charge in [0.1, 0.15) is 5.75 Å². The van der Waals surface area contributed by atoms with E-state index in [1.165, 1.54) is 0 Å². The van der Waals surface area contributed by atoms with Crippen molar-refractivity contribution < 1.29 is 17.4 Å². The summed E-state index contributed by atoms with van der Waals surface area (Å²) in [6.07, 6.45) is -2.46. The van der Waals surface area contributed by atoms with Gasteiger partial charge in [0.25, 0.3) is 0 Å². The molecule has 1 aliphatic carbocycles. The van der Waals surface area contributed by atoms with Crippen molar-refractivity contribution in [3.63, 3.8) is 0 Å². The van der Waals surface area contributed by atoms with Crippen LogP contribution in [0.5, 0.6) is 0 Å². The second-order valence-corrected chi connectivity index (χ2v) is 5.11. The van der Waals surface area contributed by atoms with Gasteiger partial charge in [-0.1, -0.05) is 6.92 Å². The molecule has 0 spiro atoms. The highest BCUT2D eigenvalue weighted by atomic mass is 32.2. The molecule has 0 aromatic carbocycles. The summed E-state index contributed by atoms with van der Waals surface area (Å²) in [5.74, 6) is -0.949. The largest absolute Gasteiger partial charge is 0.400 e. The molecule has 1 nitrogen and oxygen atoms in total. The maximum absolute atomic E-state index is 11.7. The minimum Gasteiger partial charge on any atom is -0.259 e. The lowest BCUT2D eigenvalue weighted by Gasteiger charge is -2.09. The molecule has 0 aliphatic heterocycles. The lowest BCUT2D eigenvalue weighted by Crippen LogP contribution is -2.22. The van der Waals surface area contributed by atoms with E-state index in [-0.39, 0.29) is 11.2 Å². The van der Waals surface area contributed by atoms with E-state index in [2.05, 4.69) is 0 Å². The first-order chi connectivity index (χ1) is 5.31. The van der Waals surface area contributed by atoms with Crippen LogP contribution in [0.15, 0.2) is 0 Å². The molecule has 0 amide bonds. The van der Waals surface area contributed by atoms with Crippen molar-refractivity contribution in [3.8, 4) is 0 Å². The summed E-state index contributed by atoms with van der Waals surface area (Å²) in [5.41, 5.74) is -0.0594. The molecule has 1 rings (SSSR count). The van der Waals surface area contributed by atoms with Gasteiger partial charge in [-0.05, 0) is 18.3 Å². The molecule has 0 bridgehead atoms. The summed E-state index contributed by atoms with van der Waals surface area (Å²) in [6, 6.07) is 0. The molecular weight excluding hydrogens is 189 g/mol. The van der Waals surface area contributed by atoms with Crippen LogP contribution in [0.4, 0.5) is 13.2 Å². The van der Waals surface area contributed by atoms with Gasteiger partial charge in [-0.2, -0.15) is 13.2 Å². The fraction of sp³-hybridized carbons (Fsp3) is 1.00. The van der Waals surface area contributed by atoms with Crippen LogP contribution in [-0.4, -0.2) is 21.9 Å². The zero-order valence-corrected chi connectivity index (χ0v) is 7.60. The molecule has 0 aromatic rings. The second-order valence-electron chi connectivity index (χ2n) is 3.65. The maximum atomic E-state index is 11.7. The van der Waals surface area contributed by atoms with Crippen LogP contribution >= 0.6 is 0 Å². The minimum atomic E-state index is -4.28. The van der Waals surface area contributed by atoms with Gasteiger partial charge in [-0.25, -0.2) is 0 Å². The molecule has 0 radical (unpaired) electrons. The van der Waals surface area contributed by atoms with Crippen molar-refractivity contribution in [2.75, 3.05) is 11.5 Å². The Balaban J connectivity index is 2.30. The Kier molecular flexibility index (Phi) is 2.52. The Hall–Kier alpha value is -0.0600. The van der Waals surface area contributed by atoms with Crippen LogP contribution in [0, 0.1) is 5.41 Å². The lowest BCUT2D eigenvalue weighted by atomic mass is 10.2. The fourth-order valence-electron chi connectivity index (χ4n) is 0.980. The standard InChI is InChI=1S/C7H11F3OS/c1-6(2-3-6)4-12(11)5-7(8,9)10/h2-5H2,1H3. The SMILES string of the molecule is CC1(CS(=O)CC(F)(F)F)CC1. The van der Waals surface area contributed by atoms with Gasteiger partial charge in [0.05, 0.1) is 0 Å².